The lowest BCUT2D eigenvalue weighted by molar-refractivity contribution is 0.659. The van der Waals surface area contributed by atoms with E-state index in [1.165, 1.54) is 23.1 Å². The van der Waals surface area contributed by atoms with Crippen molar-refractivity contribution in [1.82, 2.24) is 9.55 Å². The third-order valence-electron chi connectivity index (χ3n) is 3.70. The van der Waals surface area contributed by atoms with Gasteiger partial charge < -0.3 is 0 Å². The number of benzene rings is 1. The second-order valence-electron chi connectivity index (χ2n) is 5.18. The number of thioether (sulfide) groups is 1. The van der Waals surface area contributed by atoms with Crippen molar-refractivity contribution in [2.24, 2.45) is 0 Å². The quantitative estimate of drug-likeness (QED) is 0.536. The SMILES string of the molecule is Cc1sc2nc(SCC#N)n(Cc3ccccc3)c(=O)c2c1C. The number of thiophene rings is 1. The highest BCUT2D eigenvalue weighted by Crippen LogP contribution is 2.28. The third kappa shape index (κ3) is 3.03. The zero-order valence-electron chi connectivity index (χ0n) is 12.9. The van der Waals surface area contributed by atoms with Gasteiger partial charge in [-0.3, -0.25) is 9.36 Å². The summed E-state index contributed by atoms with van der Waals surface area (Å²) >= 11 is 2.84. The molecule has 0 aliphatic carbocycles. The van der Waals surface area contributed by atoms with Gasteiger partial charge >= 0.3 is 0 Å². The molecule has 0 aliphatic rings. The largest absolute Gasteiger partial charge is 0.283 e. The lowest BCUT2D eigenvalue weighted by Gasteiger charge is -2.11. The summed E-state index contributed by atoms with van der Waals surface area (Å²) in [7, 11) is 0. The van der Waals surface area contributed by atoms with Crippen LogP contribution in [-0.4, -0.2) is 15.3 Å². The number of hydrogen-bond donors (Lipinski definition) is 0. The van der Waals surface area contributed by atoms with Crippen molar-refractivity contribution in [2.45, 2.75) is 25.5 Å². The highest BCUT2D eigenvalue weighted by atomic mass is 32.2. The van der Waals surface area contributed by atoms with E-state index < -0.39 is 0 Å². The van der Waals surface area contributed by atoms with Crippen LogP contribution < -0.4 is 5.56 Å². The van der Waals surface area contributed by atoms with Crippen molar-refractivity contribution in [1.29, 1.82) is 5.26 Å². The van der Waals surface area contributed by atoms with Crippen molar-refractivity contribution in [3.05, 3.63) is 56.7 Å². The molecule has 3 aromatic rings. The number of nitriles is 1. The van der Waals surface area contributed by atoms with E-state index in [4.69, 9.17) is 5.26 Å². The highest BCUT2D eigenvalue weighted by Gasteiger charge is 2.16. The van der Waals surface area contributed by atoms with Crippen molar-refractivity contribution >= 4 is 33.3 Å². The molecule has 3 rings (SSSR count). The first-order valence-electron chi connectivity index (χ1n) is 7.16. The molecule has 0 amide bonds. The van der Waals surface area contributed by atoms with Crippen molar-refractivity contribution in [3.8, 4) is 6.07 Å². The predicted octanol–water partition coefficient (Wildman–Crippen LogP) is 3.74. The Hall–Kier alpha value is -2.10. The molecule has 23 heavy (non-hydrogen) atoms. The van der Waals surface area contributed by atoms with Crippen LogP contribution in [0.5, 0.6) is 0 Å². The van der Waals surface area contributed by atoms with Gasteiger partial charge in [0.05, 0.1) is 23.8 Å². The van der Waals surface area contributed by atoms with Gasteiger partial charge in [-0.1, -0.05) is 42.1 Å². The first-order valence-corrected chi connectivity index (χ1v) is 8.96. The van der Waals surface area contributed by atoms with E-state index in [1.54, 1.807) is 4.57 Å². The lowest BCUT2D eigenvalue weighted by atomic mass is 10.2. The summed E-state index contributed by atoms with van der Waals surface area (Å²) in [5, 5.41) is 10.2. The molecule has 0 saturated heterocycles. The van der Waals surface area contributed by atoms with Crippen molar-refractivity contribution in [2.75, 3.05) is 5.75 Å². The predicted molar refractivity (Wildman–Crippen MR) is 95.2 cm³/mol. The average Bonchev–Trinajstić information content (AvgIpc) is 2.84. The molecule has 0 bridgehead atoms. The molecule has 0 aliphatic heterocycles. The van der Waals surface area contributed by atoms with Gasteiger partial charge in [0.15, 0.2) is 5.16 Å². The van der Waals surface area contributed by atoms with E-state index in [2.05, 4.69) is 11.1 Å². The molecule has 0 radical (unpaired) electrons. The molecule has 0 saturated carbocycles. The molecule has 0 N–H and O–H groups in total. The maximum atomic E-state index is 13.0. The van der Waals surface area contributed by atoms with Crippen LogP contribution in [0.4, 0.5) is 0 Å². The van der Waals surface area contributed by atoms with Crippen LogP contribution in [0, 0.1) is 25.2 Å². The minimum absolute atomic E-state index is 0.0267. The van der Waals surface area contributed by atoms with Crippen molar-refractivity contribution < 1.29 is 0 Å². The minimum Gasteiger partial charge on any atom is -0.283 e. The monoisotopic (exact) mass is 341 g/mol. The van der Waals surface area contributed by atoms with Crippen LogP contribution in [-0.2, 0) is 6.54 Å². The van der Waals surface area contributed by atoms with Crippen LogP contribution in [0.15, 0.2) is 40.3 Å². The van der Waals surface area contributed by atoms with Gasteiger partial charge in [0, 0.05) is 4.88 Å². The fourth-order valence-corrected chi connectivity index (χ4v) is 4.15. The third-order valence-corrected chi connectivity index (χ3v) is 5.65. The minimum atomic E-state index is -0.0267. The van der Waals surface area contributed by atoms with Gasteiger partial charge in [0.1, 0.15) is 4.83 Å². The van der Waals surface area contributed by atoms with Crippen LogP contribution in [0.2, 0.25) is 0 Å². The lowest BCUT2D eigenvalue weighted by Crippen LogP contribution is -2.24. The molecular formula is C17H15N3OS2. The van der Waals surface area contributed by atoms with Gasteiger partial charge in [-0.15, -0.1) is 11.3 Å². The summed E-state index contributed by atoms with van der Waals surface area (Å²) in [6.07, 6.45) is 0. The fourth-order valence-electron chi connectivity index (χ4n) is 2.42. The van der Waals surface area contributed by atoms with Gasteiger partial charge in [0.25, 0.3) is 5.56 Å². The Kier molecular flexibility index (Phi) is 4.51. The molecule has 2 heterocycles. The van der Waals surface area contributed by atoms with Crippen LogP contribution in [0.1, 0.15) is 16.0 Å². The Labute approximate surface area is 142 Å². The molecule has 6 heteroatoms. The number of hydrogen-bond acceptors (Lipinski definition) is 5. The first-order chi connectivity index (χ1) is 11.1. The smallest absolute Gasteiger partial charge is 0.263 e. The highest BCUT2D eigenvalue weighted by molar-refractivity contribution is 7.99. The Balaban J connectivity index is 2.20. The van der Waals surface area contributed by atoms with Gasteiger partial charge in [-0.05, 0) is 25.0 Å². The number of aromatic nitrogens is 2. The second-order valence-corrected chi connectivity index (χ2v) is 7.33. The molecule has 2 aromatic heterocycles. The van der Waals surface area contributed by atoms with Gasteiger partial charge in [-0.25, -0.2) is 4.98 Å². The van der Waals surface area contributed by atoms with E-state index in [9.17, 15) is 4.79 Å². The Morgan fingerprint density at radius 3 is 2.74 bits per heavy atom. The standard InChI is InChI=1S/C17H15N3OS2/c1-11-12(2)23-15-14(11)16(21)20(17(19-15)22-9-8-18)10-13-6-4-3-5-7-13/h3-7H,9-10H2,1-2H3. The molecule has 0 atom stereocenters. The maximum Gasteiger partial charge on any atom is 0.263 e. The van der Waals surface area contributed by atoms with E-state index in [0.717, 1.165) is 20.8 Å². The molecular weight excluding hydrogens is 326 g/mol. The van der Waals surface area contributed by atoms with E-state index in [-0.39, 0.29) is 11.3 Å². The molecule has 0 unspecified atom stereocenters. The summed E-state index contributed by atoms with van der Waals surface area (Å²) in [6.45, 7) is 4.43. The second kappa shape index (κ2) is 6.57. The summed E-state index contributed by atoms with van der Waals surface area (Å²) in [5.41, 5.74) is 2.02. The fraction of sp³-hybridized carbons (Fsp3) is 0.235. The topological polar surface area (TPSA) is 58.7 Å². The summed E-state index contributed by atoms with van der Waals surface area (Å²) < 4.78 is 1.68. The average molecular weight is 341 g/mol. The zero-order chi connectivity index (χ0) is 16.4. The van der Waals surface area contributed by atoms with Crippen molar-refractivity contribution in [3.63, 3.8) is 0 Å². The van der Waals surface area contributed by atoms with Crippen LogP contribution in [0.3, 0.4) is 0 Å². The van der Waals surface area contributed by atoms with E-state index in [1.807, 2.05) is 44.2 Å². The van der Waals surface area contributed by atoms with Crippen LogP contribution >= 0.6 is 23.1 Å². The zero-order valence-corrected chi connectivity index (χ0v) is 14.5. The molecule has 0 fully saturated rings. The Morgan fingerprint density at radius 2 is 2.04 bits per heavy atom. The number of rotatable bonds is 4. The van der Waals surface area contributed by atoms with E-state index in [0.29, 0.717) is 17.1 Å². The summed E-state index contributed by atoms with van der Waals surface area (Å²) in [6, 6.07) is 11.9. The normalized spacial score (nSPS) is 10.8. The van der Waals surface area contributed by atoms with E-state index >= 15 is 0 Å². The summed E-state index contributed by atoms with van der Waals surface area (Å²) in [4.78, 5) is 19.5. The number of fused-ring (bicyclic) bond motifs is 1. The number of aryl methyl sites for hydroxylation is 2. The molecule has 116 valence electrons. The van der Waals surface area contributed by atoms with Crippen LogP contribution in [0.25, 0.3) is 10.2 Å². The number of nitrogens with zero attached hydrogens (tertiary/aromatic N) is 3. The summed E-state index contributed by atoms with van der Waals surface area (Å²) in [5.74, 6) is 0.274. The van der Waals surface area contributed by atoms with Gasteiger partial charge in [0.2, 0.25) is 0 Å². The molecule has 1 aromatic carbocycles. The molecule has 4 nitrogen and oxygen atoms in total. The maximum absolute atomic E-state index is 13.0. The Morgan fingerprint density at radius 1 is 1.30 bits per heavy atom. The molecule has 0 spiro atoms. The Bertz CT molecular complexity index is 952. The first kappa shape index (κ1) is 15.8. The van der Waals surface area contributed by atoms with Gasteiger partial charge in [-0.2, -0.15) is 5.26 Å².